The summed E-state index contributed by atoms with van der Waals surface area (Å²) in [5.74, 6) is 0.302. The smallest absolute Gasteiger partial charge is 0.115 e. The fourth-order valence-corrected chi connectivity index (χ4v) is 3.06. The van der Waals surface area contributed by atoms with E-state index in [2.05, 4.69) is 18.2 Å². The molecule has 0 amide bonds. The average molecular weight is 268 g/mol. The molecule has 0 saturated heterocycles. The third-order valence-electron chi connectivity index (χ3n) is 4.21. The van der Waals surface area contributed by atoms with Gasteiger partial charge in [-0.2, -0.15) is 0 Å². The van der Waals surface area contributed by atoms with Crippen LogP contribution in [0.4, 0.5) is 0 Å². The number of aliphatic hydroxyl groups is 1. The molecule has 20 heavy (non-hydrogen) atoms. The molecule has 2 nitrogen and oxygen atoms in total. The zero-order chi connectivity index (χ0) is 13.9. The predicted octanol–water partition coefficient (Wildman–Crippen LogP) is 3.97. The van der Waals surface area contributed by atoms with Gasteiger partial charge in [-0.15, -0.1) is 0 Å². The largest absolute Gasteiger partial charge is 0.508 e. The van der Waals surface area contributed by atoms with Crippen molar-refractivity contribution in [3.63, 3.8) is 0 Å². The van der Waals surface area contributed by atoms with E-state index in [-0.39, 0.29) is 6.10 Å². The number of phenols is 1. The minimum atomic E-state index is -0.125. The number of aromatic hydroxyl groups is 1. The van der Waals surface area contributed by atoms with Crippen molar-refractivity contribution in [1.82, 2.24) is 0 Å². The molecule has 0 aromatic heterocycles. The Labute approximate surface area is 119 Å². The quantitative estimate of drug-likeness (QED) is 0.809. The van der Waals surface area contributed by atoms with Crippen LogP contribution in [0.3, 0.4) is 0 Å². The molecule has 0 radical (unpaired) electrons. The first kappa shape index (κ1) is 13.2. The number of allylic oxidation sites excluding steroid dienone is 6. The fourth-order valence-electron chi connectivity index (χ4n) is 3.06. The molecule has 0 atom stereocenters. The summed E-state index contributed by atoms with van der Waals surface area (Å²) < 4.78 is 0. The third-order valence-corrected chi connectivity index (χ3v) is 4.21. The van der Waals surface area contributed by atoms with Gasteiger partial charge in [-0.1, -0.05) is 35.9 Å². The van der Waals surface area contributed by atoms with Crippen molar-refractivity contribution in [2.24, 2.45) is 0 Å². The molecule has 2 aliphatic carbocycles. The standard InChI is InChI=1S/C18H20O2/c19-15-9-5-13(6-10-15)17-3-1-2-4-18(17)14-7-11-16(20)12-8-14/h1-3,5-6,9-10,16,19-20H,4,7-8,11-12H2. The normalized spacial score (nSPS) is 22.9. The molecule has 1 fully saturated rings. The van der Waals surface area contributed by atoms with E-state index in [0.717, 1.165) is 37.7 Å². The van der Waals surface area contributed by atoms with E-state index in [1.807, 2.05) is 12.1 Å². The lowest BCUT2D eigenvalue weighted by molar-refractivity contribution is 0.143. The second-order valence-corrected chi connectivity index (χ2v) is 5.57. The Morgan fingerprint density at radius 3 is 2.40 bits per heavy atom. The zero-order valence-electron chi connectivity index (χ0n) is 11.5. The molecule has 0 aliphatic heterocycles. The van der Waals surface area contributed by atoms with Gasteiger partial charge in [-0.25, -0.2) is 0 Å². The van der Waals surface area contributed by atoms with Gasteiger partial charge in [0.2, 0.25) is 0 Å². The van der Waals surface area contributed by atoms with Gasteiger partial charge in [0.1, 0.15) is 5.75 Å². The van der Waals surface area contributed by atoms with Gasteiger partial charge in [-0.3, -0.25) is 0 Å². The number of aliphatic hydroxyl groups excluding tert-OH is 1. The molecule has 2 N–H and O–H groups in total. The SMILES string of the molecule is Oc1ccc(C2=CC=CCC2=C2CCC(O)CC2)cc1. The van der Waals surface area contributed by atoms with E-state index in [0.29, 0.717) is 5.75 Å². The van der Waals surface area contributed by atoms with Crippen molar-refractivity contribution in [3.8, 4) is 5.75 Å². The highest BCUT2D eigenvalue weighted by Crippen LogP contribution is 2.37. The predicted molar refractivity (Wildman–Crippen MR) is 81.3 cm³/mol. The molecule has 2 aliphatic rings. The number of benzene rings is 1. The summed E-state index contributed by atoms with van der Waals surface area (Å²) in [7, 11) is 0. The maximum Gasteiger partial charge on any atom is 0.115 e. The number of hydrogen-bond donors (Lipinski definition) is 2. The lowest BCUT2D eigenvalue weighted by atomic mass is 9.82. The number of rotatable bonds is 1. The topological polar surface area (TPSA) is 40.5 Å². The monoisotopic (exact) mass is 268 g/mol. The van der Waals surface area contributed by atoms with Gasteiger partial charge in [0.15, 0.2) is 0 Å². The summed E-state index contributed by atoms with van der Waals surface area (Å²) in [6.07, 6.45) is 11.1. The molecule has 0 spiro atoms. The molecule has 0 bridgehead atoms. The fraction of sp³-hybridized carbons (Fsp3) is 0.333. The van der Waals surface area contributed by atoms with Crippen molar-refractivity contribution in [1.29, 1.82) is 0 Å². The Morgan fingerprint density at radius 1 is 1.00 bits per heavy atom. The molecular formula is C18H20O2. The Kier molecular flexibility index (Phi) is 3.75. The van der Waals surface area contributed by atoms with Gasteiger partial charge in [0, 0.05) is 0 Å². The van der Waals surface area contributed by atoms with E-state index in [1.54, 1.807) is 12.1 Å². The van der Waals surface area contributed by atoms with Crippen LogP contribution >= 0.6 is 0 Å². The van der Waals surface area contributed by atoms with Crippen molar-refractivity contribution in [2.75, 3.05) is 0 Å². The molecule has 104 valence electrons. The third kappa shape index (κ3) is 2.70. The lowest BCUT2D eigenvalue weighted by Gasteiger charge is -2.25. The Balaban J connectivity index is 1.95. The van der Waals surface area contributed by atoms with Gasteiger partial charge in [0.25, 0.3) is 0 Å². The van der Waals surface area contributed by atoms with Crippen LogP contribution in [0.15, 0.2) is 53.6 Å². The number of hydrogen-bond acceptors (Lipinski definition) is 2. The van der Waals surface area contributed by atoms with Gasteiger partial charge in [-0.05, 0) is 60.9 Å². The second-order valence-electron chi connectivity index (χ2n) is 5.57. The Hall–Kier alpha value is -1.80. The van der Waals surface area contributed by atoms with E-state index >= 15 is 0 Å². The molecular weight excluding hydrogens is 248 g/mol. The first-order chi connectivity index (χ1) is 9.74. The van der Waals surface area contributed by atoms with Crippen LogP contribution in [0.5, 0.6) is 5.75 Å². The van der Waals surface area contributed by atoms with Gasteiger partial charge < -0.3 is 10.2 Å². The summed E-state index contributed by atoms with van der Waals surface area (Å²) in [6, 6.07) is 7.42. The number of phenolic OH excluding ortho intramolecular Hbond substituents is 1. The second kappa shape index (κ2) is 5.68. The summed E-state index contributed by atoms with van der Waals surface area (Å²) in [4.78, 5) is 0. The minimum absolute atomic E-state index is 0.125. The maximum absolute atomic E-state index is 9.66. The summed E-state index contributed by atoms with van der Waals surface area (Å²) >= 11 is 0. The summed E-state index contributed by atoms with van der Waals surface area (Å²) in [5, 5.41) is 19.1. The Bertz CT molecular complexity index is 566. The van der Waals surface area contributed by atoms with Crippen LogP contribution in [0, 0.1) is 0 Å². The van der Waals surface area contributed by atoms with E-state index in [9.17, 15) is 10.2 Å². The van der Waals surface area contributed by atoms with Gasteiger partial charge >= 0.3 is 0 Å². The van der Waals surface area contributed by atoms with E-state index in [4.69, 9.17) is 0 Å². The van der Waals surface area contributed by atoms with Crippen molar-refractivity contribution >= 4 is 5.57 Å². The maximum atomic E-state index is 9.66. The Morgan fingerprint density at radius 2 is 1.70 bits per heavy atom. The average Bonchev–Trinajstić information content (AvgIpc) is 2.49. The van der Waals surface area contributed by atoms with Crippen LogP contribution in [-0.4, -0.2) is 16.3 Å². The van der Waals surface area contributed by atoms with Crippen molar-refractivity contribution < 1.29 is 10.2 Å². The molecule has 0 unspecified atom stereocenters. The molecule has 1 saturated carbocycles. The van der Waals surface area contributed by atoms with E-state index in [1.165, 1.54) is 16.7 Å². The first-order valence-electron chi connectivity index (χ1n) is 7.29. The summed E-state index contributed by atoms with van der Waals surface area (Å²) in [5.41, 5.74) is 5.31. The van der Waals surface area contributed by atoms with Crippen LogP contribution in [-0.2, 0) is 0 Å². The van der Waals surface area contributed by atoms with Crippen molar-refractivity contribution in [3.05, 3.63) is 59.2 Å². The van der Waals surface area contributed by atoms with Crippen LogP contribution in [0.2, 0.25) is 0 Å². The lowest BCUT2D eigenvalue weighted by Crippen LogP contribution is -2.14. The van der Waals surface area contributed by atoms with Crippen LogP contribution < -0.4 is 0 Å². The van der Waals surface area contributed by atoms with E-state index < -0.39 is 0 Å². The highest BCUT2D eigenvalue weighted by molar-refractivity contribution is 5.82. The van der Waals surface area contributed by atoms with Crippen molar-refractivity contribution in [2.45, 2.75) is 38.2 Å². The molecule has 2 heteroatoms. The highest BCUT2D eigenvalue weighted by atomic mass is 16.3. The minimum Gasteiger partial charge on any atom is -0.508 e. The molecule has 1 aromatic carbocycles. The van der Waals surface area contributed by atoms with Crippen LogP contribution in [0.25, 0.3) is 5.57 Å². The molecule has 1 aromatic rings. The summed E-state index contributed by atoms with van der Waals surface area (Å²) in [6.45, 7) is 0. The van der Waals surface area contributed by atoms with Gasteiger partial charge in [0.05, 0.1) is 6.10 Å². The first-order valence-corrected chi connectivity index (χ1v) is 7.29. The zero-order valence-corrected chi connectivity index (χ0v) is 11.5. The van der Waals surface area contributed by atoms with Crippen LogP contribution in [0.1, 0.15) is 37.7 Å². The highest BCUT2D eigenvalue weighted by Gasteiger charge is 2.20. The molecule has 0 heterocycles. The molecule has 3 rings (SSSR count).